The first-order chi connectivity index (χ1) is 10.1. The molecule has 7 heteroatoms. The number of esters is 1. The Morgan fingerprint density at radius 2 is 2.14 bits per heavy atom. The molecule has 1 amide bonds. The highest BCUT2D eigenvalue weighted by Gasteiger charge is 2.42. The summed E-state index contributed by atoms with van der Waals surface area (Å²) in [6, 6.07) is 1.37. The molecule has 1 unspecified atom stereocenters. The fourth-order valence-electron chi connectivity index (χ4n) is 3.10. The lowest BCUT2D eigenvalue weighted by Gasteiger charge is -2.25. The van der Waals surface area contributed by atoms with Gasteiger partial charge in [0.1, 0.15) is 11.7 Å². The van der Waals surface area contributed by atoms with Crippen LogP contribution in [0.4, 0.5) is 5.82 Å². The number of amides is 1. The monoisotopic (exact) mass is 291 g/mol. The summed E-state index contributed by atoms with van der Waals surface area (Å²) in [6.07, 6.45) is 3.85. The minimum atomic E-state index is -0.699. The van der Waals surface area contributed by atoms with Crippen molar-refractivity contribution in [1.29, 1.82) is 0 Å². The van der Waals surface area contributed by atoms with Gasteiger partial charge in [0.15, 0.2) is 5.69 Å². The summed E-state index contributed by atoms with van der Waals surface area (Å²) >= 11 is 0. The predicted molar refractivity (Wildman–Crippen MR) is 72.9 cm³/mol. The molecule has 7 nitrogen and oxygen atoms in total. The molecule has 1 aliphatic carbocycles. The van der Waals surface area contributed by atoms with Gasteiger partial charge in [0.05, 0.1) is 6.61 Å². The zero-order valence-electron chi connectivity index (χ0n) is 11.8. The van der Waals surface area contributed by atoms with E-state index in [4.69, 9.17) is 4.74 Å². The summed E-state index contributed by atoms with van der Waals surface area (Å²) < 4.78 is 5.98. The molecule has 112 valence electrons. The molecule has 1 N–H and O–H groups in total. The van der Waals surface area contributed by atoms with Crippen LogP contribution in [-0.2, 0) is 9.53 Å². The van der Waals surface area contributed by atoms with Gasteiger partial charge in [0, 0.05) is 6.07 Å². The SMILES string of the molecule is CCOC(=O)c1cc2n(n1)C(=O)C(C1CCCC1)C(=O)N2. The average Bonchev–Trinajstić information content (AvgIpc) is 3.08. The summed E-state index contributed by atoms with van der Waals surface area (Å²) in [6.45, 7) is 1.92. The minimum Gasteiger partial charge on any atom is -0.461 e. The van der Waals surface area contributed by atoms with E-state index in [0.717, 1.165) is 30.4 Å². The number of fused-ring (bicyclic) bond motifs is 1. The number of ether oxygens (including phenoxy) is 1. The van der Waals surface area contributed by atoms with Gasteiger partial charge in [-0.15, -0.1) is 0 Å². The van der Waals surface area contributed by atoms with E-state index in [1.54, 1.807) is 6.92 Å². The van der Waals surface area contributed by atoms with Crippen LogP contribution >= 0.6 is 0 Å². The molecule has 2 aliphatic rings. The lowest BCUT2D eigenvalue weighted by atomic mass is 9.88. The molecule has 1 fully saturated rings. The molecular formula is C14H17N3O4. The summed E-state index contributed by atoms with van der Waals surface area (Å²) in [4.78, 5) is 36.3. The molecule has 1 atom stereocenters. The quantitative estimate of drug-likeness (QED) is 0.672. The Balaban J connectivity index is 1.89. The Bertz CT molecular complexity index is 601. The molecule has 1 aliphatic heterocycles. The van der Waals surface area contributed by atoms with Crippen LogP contribution in [0.2, 0.25) is 0 Å². The predicted octanol–water partition coefficient (Wildman–Crippen LogP) is 1.46. The highest BCUT2D eigenvalue weighted by atomic mass is 16.5. The van der Waals surface area contributed by atoms with Crippen molar-refractivity contribution in [3.05, 3.63) is 11.8 Å². The molecule has 0 bridgehead atoms. The van der Waals surface area contributed by atoms with Gasteiger partial charge in [0.25, 0.3) is 5.91 Å². The third kappa shape index (κ3) is 2.32. The van der Waals surface area contributed by atoms with Crippen molar-refractivity contribution in [1.82, 2.24) is 9.78 Å². The van der Waals surface area contributed by atoms with E-state index in [9.17, 15) is 14.4 Å². The van der Waals surface area contributed by atoms with Gasteiger partial charge in [-0.25, -0.2) is 4.79 Å². The van der Waals surface area contributed by atoms with Gasteiger partial charge in [-0.1, -0.05) is 12.8 Å². The summed E-state index contributed by atoms with van der Waals surface area (Å²) in [7, 11) is 0. The fraction of sp³-hybridized carbons (Fsp3) is 0.571. The van der Waals surface area contributed by atoms with E-state index < -0.39 is 11.9 Å². The molecule has 2 heterocycles. The van der Waals surface area contributed by atoms with E-state index in [-0.39, 0.29) is 35.9 Å². The van der Waals surface area contributed by atoms with Crippen molar-refractivity contribution in [2.45, 2.75) is 32.6 Å². The summed E-state index contributed by atoms with van der Waals surface area (Å²) in [5.41, 5.74) is 0.0348. The smallest absolute Gasteiger partial charge is 0.358 e. The molecule has 0 spiro atoms. The van der Waals surface area contributed by atoms with E-state index in [2.05, 4.69) is 10.4 Å². The zero-order chi connectivity index (χ0) is 15.0. The largest absolute Gasteiger partial charge is 0.461 e. The third-order valence-corrected chi connectivity index (χ3v) is 4.07. The Labute approximate surface area is 121 Å². The van der Waals surface area contributed by atoms with Crippen LogP contribution in [0.3, 0.4) is 0 Å². The minimum absolute atomic E-state index is 0.0348. The molecule has 0 saturated heterocycles. The molecule has 1 aromatic rings. The second kappa shape index (κ2) is 5.31. The second-order valence-corrected chi connectivity index (χ2v) is 5.40. The van der Waals surface area contributed by atoms with Gasteiger partial charge in [-0.3, -0.25) is 9.59 Å². The topological polar surface area (TPSA) is 90.3 Å². The third-order valence-electron chi connectivity index (χ3n) is 4.07. The molecule has 21 heavy (non-hydrogen) atoms. The lowest BCUT2D eigenvalue weighted by Crippen LogP contribution is -2.43. The Kier molecular flexibility index (Phi) is 3.48. The van der Waals surface area contributed by atoms with Crippen LogP contribution in [0.1, 0.15) is 47.9 Å². The van der Waals surface area contributed by atoms with Crippen molar-refractivity contribution in [3.63, 3.8) is 0 Å². The van der Waals surface area contributed by atoms with Gasteiger partial charge in [-0.2, -0.15) is 9.78 Å². The first-order valence-corrected chi connectivity index (χ1v) is 7.24. The number of carbonyl (C=O) groups excluding carboxylic acids is 3. The van der Waals surface area contributed by atoms with E-state index >= 15 is 0 Å². The van der Waals surface area contributed by atoms with Gasteiger partial charge < -0.3 is 10.1 Å². The summed E-state index contributed by atoms with van der Waals surface area (Å²) in [5.74, 6) is -1.64. The highest BCUT2D eigenvalue weighted by molar-refractivity contribution is 6.12. The maximum absolute atomic E-state index is 12.5. The standard InChI is InChI=1S/C14H17N3O4/c1-2-21-14(20)9-7-10-15-12(18)11(8-5-3-4-6-8)13(19)17(10)16-9/h7-8,11H,2-6H2,1H3,(H,15,18). The van der Waals surface area contributed by atoms with Crippen LogP contribution < -0.4 is 5.32 Å². The zero-order valence-corrected chi connectivity index (χ0v) is 11.8. The van der Waals surface area contributed by atoms with Crippen molar-refractivity contribution in [2.75, 3.05) is 11.9 Å². The fourth-order valence-corrected chi connectivity index (χ4v) is 3.10. The van der Waals surface area contributed by atoms with Crippen LogP contribution in [-0.4, -0.2) is 34.2 Å². The van der Waals surface area contributed by atoms with Crippen LogP contribution in [0, 0.1) is 11.8 Å². The van der Waals surface area contributed by atoms with Gasteiger partial charge >= 0.3 is 5.97 Å². The number of nitrogens with zero attached hydrogens (tertiary/aromatic N) is 2. The molecule has 3 rings (SSSR count). The van der Waals surface area contributed by atoms with E-state index in [1.807, 2.05) is 0 Å². The highest BCUT2D eigenvalue weighted by Crippen LogP contribution is 2.35. The maximum atomic E-state index is 12.5. The molecule has 1 aromatic heterocycles. The number of anilines is 1. The van der Waals surface area contributed by atoms with Crippen molar-refractivity contribution in [2.24, 2.45) is 11.8 Å². The van der Waals surface area contributed by atoms with Crippen LogP contribution in [0.25, 0.3) is 0 Å². The van der Waals surface area contributed by atoms with Crippen molar-refractivity contribution >= 4 is 23.6 Å². The Hall–Kier alpha value is -2.18. The molecular weight excluding hydrogens is 274 g/mol. The second-order valence-electron chi connectivity index (χ2n) is 5.40. The molecule has 1 saturated carbocycles. The van der Waals surface area contributed by atoms with Crippen molar-refractivity contribution < 1.29 is 19.1 Å². The van der Waals surface area contributed by atoms with Gasteiger partial charge in [-0.05, 0) is 25.7 Å². The molecule has 0 radical (unpaired) electrons. The Morgan fingerprint density at radius 3 is 2.81 bits per heavy atom. The first kappa shape index (κ1) is 13.8. The normalized spacial score (nSPS) is 22.0. The molecule has 0 aromatic carbocycles. The number of nitrogens with one attached hydrogen (secondary N) is 1. The van der Waals surface area contributed by atoms with E-state index in [0.29, 0.717) is 0 Å². The number of hydrogen-bond acceptors (Lipinski definition) is 5. The summed E-state index contributed by atoms with van der Waals surface area (Å²) in [5, 5.41) is 6.65. The number of hydrogen-bond donors (Lipinski definition) is 1. The van der Waals surface area contributed by atoms with Crippen LogP contribution in [0.15, 0.2) is 6.07 Å². The van der Waals surface area contributed by atoms with Crippen molar-refractivity contribution in [3.8, 4) is 0 Å². The Morgan fingerprint density at radius 1 is 1.43 bits per heavy atom. The lowest BCUT2D eigenvalue weighted by molar-refractivity contribution is -0.120. The van der Waals surface area contributed by atoms with Gasteiger partial charge in [0.2, 0.25) is 5.91 Å². The number of rotatable bonds is 3. The first-order valence-electron chi connectivity index (χ1n) is 7.24. The van der Waals surface area contributed by atoms with Crippen LogP contribution in [0.5, 0.6) is 0 Å². The number of aromatic nitrogens is 2. The van der Waals surface area contributed by atoms with E-state index in [1.165, 1.54) is 6.07 Å². The maximum Gasteiger partial charge on any atom is 0.358 e. The number of carbonyl (C=O) groups is 3. The average molecular weight is 291 g/mol.